The van der Waals surface area contributed by atoms with Gasteiger partial charge in [0.2, 0.25) is 5.88 Å². The van der Waals surface area contributed by atoms with E-state index < -0.39 is 11.7 Å². The Labute approximate surface area is 130 Å². The van der Waals surface area contributed by atoms with Gasteiger partial charge in [0.15, 0.2) is 11.5 Å². The van der Waals surface area contributed by atoms with Crippen LogP contribution < -0.4 is 5.32 Å². The van der Waals surface area contributed by atoms with Crippen molar-refractivity contribution in [1.82, 2.24) is 0 Å². The summed E-state index contributed by atoms with van der Waals surface area (Å²) >= 11 is 0. The van der Waals surface area contributed by atoms with Crippen LogP contribution in [0.15, 0.2) is 28.7 Å². The van der Waals surface area contributed by atoms with Gasteiger partial charge in [-0.15, -0.1) is 0 Å². The molecule has 1 fully saturated rings. The highest BCUT2D eigenvalue weighted by molar-refractivity contribution is 5.81. The Morgan fingerprint density at radius 2 is 2.09 bits per heavy atom. The van der Waals surface area contributed by atoms with Gasteiger partial charge in [0.05, 0.1) is 17.7 Å². The van der Waals surface area contributed by atoms with Crippen molar-refractivity contribution in [2.45, 2.75) is 18.5 Å². The molecule has 0 radical (unpaired) electrons. The Morgan fingerprint density at radius 3 is 2.70 bits per heavy atom. The first kappa shape index (κ1) is 15.7. The number of nitrogens with one attached hydrogen (secondary N) is 1. The molecule has 23 heavy (non-hydrogen) atoms. The summed E-state index contributed by atoms with van der Waals surface area (Å²) in [6, 6.07) is 4.81. The van der Waals surface area contributed by atoms with Crippen molar-refractivity contribution < 1.29 is 27.4 Å². The van der Waals surface area contributed by atoms with Crippen molar-refractivity contribution in [3.8, 4) is 16.9 Å². The number of furan rings is 1. The summed E-state index contributed by atoms with van der Waals surface area (Å²) in [4.78, 5) is 0. The normalized spacial score (nSPS) is 18.3. The molecule has 1 aliphatic rings. The highest BCUT2D eigenvalue weighted by atomic mass is 19.4. The molecular weight excluding hydrogens is 311 g/mol. The minimum absolute atomic E-state index is 0.0957. The number of benzene rings is 1. The van der Waals surface area contributed by atoms with Gasteiger partial charge in [0.25, 0.3) is 0 Å². The Kier molecular flexibility index (Phi) is 3.97. The average Bonchev–Trinajstić information content (AvgIpc) is 3.13. The Bertz CT molecular complexity index is 703. The van der Waals surface area contributed by atoms with E-state index in [1.54, 1.807) is 7.05 Å². The first-order chi connectivity index (χ1) is 10.9. The molecule has 1 saturated heterocycles. The van der Waals surface area contributed by atoms with Crippen LogP contribution in [0.25, 0.3) is 11.1 Å². The maximum atomic E-state index is 12.9. The van der Waals surface area contributed by atoms with Gasteiger partial charge in [0, 0.05) is 19.6 Å². The largest absolute Gasteiger partial charge is 0.504 e. The van der Waals surface area contributed by atoms with Gasteiger partial charge < -0.3 is 19.6 Å². The van der Waals surface area contributed by atoms with E-state index in [9.17, 15) is 18.3 Å². The van der Waals surface area contributed by atoms with Crippen molar-refractivity contribution in [3.63, 3.8) is 0 Å². The zero-order valence-corrected chi connectivity index (χ0v) is 12.4. The van der Waals surface area contributed by atoms with Crippen molar-refractivity contribution in [2.24, 2.45) is 0 Å². The minimum Gasteiger partial charge on any atom is -0.504 e. The maximum absolute atomic E-state index is 12.9. The lowest BCUT2D eigenvalue weighted by Crippen LogP contribution is -2.04. The lowest BCUT2D eigenvalue weighted by Gasteiger charge is -2.09. The Morgan fingerprint density at radius 1 is 1.30 bits per heavy atom. The molecule has 0 spiro atoms. The van der Waals surface area contributed by atoms with Crippen LogP contribution in [-0.2, 0) is 10.9 Å². The van der Waals surface area contributed by atoms with Crippen molar-refractivity contribution >= 4 is 5.88 Å². The lowest BCUT2D eigenvalue weighted by atomic mass is 10.00. The zero-order valence-electron chi connectivity index (χ0n) is 12.4. The molecule has 1 aliphatic heterocycles. The molecule has 2 N–H and O–H groups in total. The third kappa shape index (κ3) is 2.88. The van der Waals surface area contributed by atoms with Gasteiger partial charge in [-0.1, -0.05) is 12.1 Å². The summed E-state index contributed by atoms with van der Waals surface area (Å²) in [5, 5.41) is 13.3. The van der Waals surface area contributed by atoms with Crippen LogP contribution in [0.3, 0.4) is 0 Å². The quantitative estimate of drug-likeness (QED) is 0.886. The van der Waals surface area contributed by atoms with E-state index in [-0.39, 0.29) is 28.7 Å². The van der Waals surface area contributed by atoms with Crippen LogP contribution in [0.4, 0.5) is 19.1 Å². The van der Waals surface area contributed by atoms with Gasteiger partial charge in [-0.3, -0.25) is 0 Å². The number of halogens is 3. The van der Waals surface area contributed by atoms with E-state index in [1.165, 1.54) is 12.1 Å². The maximum Gasteiger partial charge on any atom is 0.416 e. The number of aromatic hydroxyl groups is 1. The van der Waals surface area contributed by atoms with Gasteiger partial charge in [-0.25, -0.2) is 0 Å². The molecule has 2 heterocycles. The van der Waals surface area contributed by atoms with Crippen LogP contribution in [0, 0.1) is 0 Å². The molecule has 2 aromatic rings. The molecule has 7 heteroatoms. The molecular formula is C16H16F3NO3. The van der Waals surface area contributed by atoms with E-state index >= 15 is 0 Å². The second-order valence-corrected chi connectivity index (χ2v) is 5.41. The molecule has 4 nitrogen and oxygen atoms in total. The summed E-state index contributed by atoms with van der Waals surface area (Å²) < 4.78 is 49.6. The fraction of sp³-hybridized carbons (Fsp3) is 0.375. The molecule has 3 rings (SSSR count). The predicted octanol–water partition coefficient (Wildman–Crippen LogP) is 4.22. The van der Waals surface area contributed by atoms with Gasteiger partial charge in [0.1, 0.15) is 0 Å². The van der Waals surface area contributed by atoms with E-state index in [4.69, 9.17) is 9.15 Å². The first-order valence-electron chi connectivity index (χ1n) is 7.20. The number of hydrogen-bond donors (Lipinski definition) is 2. The first-order valence-corrected chi connectivity index (χ1v) is 7.20. The zero-order chi connectivity index (χ0) is 16.6. The Balaban J connectivity index is 2.09. The van der Waals surface area contributed by atoms with E-state index in [0.717, 1.165) is 12.1 Å². The standard InChI is InChI=1S/C16H16F3NO3/c1-20-15-12(9-3-2-4-11(7-9)16(17,18)19)13(21)14(23-15)10-5-6-22-8-10/h2-4,7,10,20-21H,5-6,8H2,1H3. The topological polar surface area (TPSA) is 54.6 Å². The highest BCUT2D eigenvalue weighted by Gasteiger charge is 2.33. The van der Waals surface area contributed by atoms with E-state index in [2.05, 4.69) is 5.32 Å². The number of ether oxygens (including phenoxy) is 1. The van der Waals surface area contributed by atoms with Crippen LogP contribution in [-0.4, -0.2) is 25.4 Å². The van der Waals surface area contributed by atoms with Gasteiger partial charge in [-0.2, -0.15) is 13.2 Å². The van der Waals surface area contributed by atoms with Crippen LogP contribution >= 0.6 is 0 Å². The third-order valence-corrected chi connectivity index (χ3v) is 3.92. The number of rotatable bonds is 3. The van der Waals surface area contributed by atoms with Crippen molar-refractivity contribution in [2.75, 3.05) is 25.6 Å². The number of anilines is 1. The molecule has 1 unspecified atom stereocenters. The SMILES string of the molecule is CNc1oc(C2CCOC2)c(O)c1-c1cccc(C(F)(F)F)c1. The second kappa shape index (κ2) is 5.81. The molecule has 124 valence electrons. The fourth-order valence-electron chi connectivity index (χ4n) is 2.75. The lowest BCUT2D eigenvalue weighted by molar-refractivity contribution is -0.137. The summed E-state index contributed by atoms with van der Waals surface area (Å²) in [7, 11) is 1.59. The van der Waals surface area contributed by atoms with Crippen molar-refractivity contribution in [3.05, 3.63) is 35.6 Å². The number of hydrogen-bond acceptors (Lipinski definition) is 4. The summed E-state index contributed by atoms with van der Waals surface area (Å²) in [5.74, 6) is 0.355. The van der Waals surface area contributed by atoms with Gasteiger partial charge in [-0.05, 0) is 24.1 Å². The molecule has 0 bridgehead atoms. The monoisotopic (exact) mass is 327 g/mol. The minimum atomic E-state index is -4.45. The number of alkyl halides is 3. The molecule has 1 atom stereocenters. The fourth-order valence-corrected chi connectivity index (χ4v) is 2.75. The molecule has 0 aliphatic carbocycles. The smallest absolute Gasteiger partial charge is 0.416 e. The average molecular weight is 327 g/mol. The third-order valence-electron chi connectivity index (χ3n) is 3.92. The summed E-state index contributed by atoms with van der Waals surface area (Å²) in [6.45, 7) is 0.991. The second-order valence-electron chi connectivity index (χ2n) is 5.41. The molecule has 0 amide bonds. The van der Waals surface area contributed by atoms with Crippen molar-refractivity contribution in [1.29, 1.82) is 0 Å². The molecule has 0 saturated carbocycles. The summed E-state index contributed by atoms with van der Waals surface area (Å²) in [6.07, 6.45) is -3.75. The van der Waals surface area contributed by atoms with Gasteiger partial charge >= 0.3 is 6.18 Å². The van der Waals surface area contributed by atoms with E-state index in [1.807, 2.05) is 0 Å². The Hall–Kier alpha value is -2.15. The summed E-state index contributed by atoms with van der Waals surface area (Å²) in [5.41, 5.74) is -0.292. The predicted molar refractivity (Wildman–Crippen MR) is 78.5 cm³/mol. The van der Waals surface area contributed by atoms with Crippen LogP contribution in [0.2, 0.25) is 0 Å². The highest BCUT2D eigenvalue weighted by Crippen LogP contribution is 2.46. The van der Waals surface area contributed by atoms with Crippen LogP contribution in [0.5, 0.6) is 5.75 Å². The molecule has 1 aromatic heterocycles. The van der Waals surface area contributed by atoms with E-state index in [0.29, 0.717) is 25.4 Å². The van der Waals surface area contributed by atoms with Crippen LogP contribution in [0.1, 0.15) is 23.7 Å². The molecule has 1 aromatic carbocycles.